The third-order valence-corrected chi connectivity index (χ3v) is 5.08. The van der Waals surface area contributed by atoms with Crippen molar-refractivity contribution in [1.82, 2.24) is 5.32 Å². The van der Waals surface area contributed by atoms with Gasteiger partial charge in [0.2, 0.25) is 5.91 Å². The molecule has 4 unspecified atom stereocenters. The molecule has 0 radical (unpaired) electrons. The van der Waals surface area contributed by atoms with Crippen LogP contribution < -0.4 is 5.32 Å². The lowest BCUT2D eigenvalue weighted by Gasteiger charge is -2.18. The van der Waals surface area contributed by atoms with Crippen LogP contribution in [0.2, 0.25) is 0 Å². The molecule has 18 heavy (non-hydrogen) atoms. The van der Waals surface area contributed by atoms with Crippen molar-refractivity contribution in [2.24, 2.45) is 29.6 Å². The fraction of sp³-hybridized carbons (Fsp3) is 0.846. The predicted octanol–water partition coefficient (Wildman–Crippen LogP) is 0.229. The van der Waals surface area contributed by atoms with E-state index in [1.807, 2.05) is 0 Å². The Morgan fingerprint density at radius 3 is 2.22 bits per heavy atom. The number of amides is 1. The minimum Gasteiger partial charge on any atom is -0.480 e. The number of carbonyl (C=O) groups is 2. The van der Waals surface area contributed by atoms with Crippen molar-refractivity contribution in [3.05, 3.63) is 0 Å². The van der Waals surface area contributed by atoms with Crippen molar-refractivity contribution in [2.75, 3.05) is 0 Å². The molecule has 0 heterocycles. The molecule has 6 atom stereocenters. The van der Waals surface area contributed by atoms with Crippen molar-refractivity contribution >= 4 is 11.9 Å². The highest BCUT2D eigenvalue weighted by molar-refractivity contribution is 5.87. The first-order valence-corrected chi connectivity index (χ1v) is 6.72. The zero-order valence-corrected chi connectivity index (χ0v) is 10.4. The summed E-state index contributed by atoms with van der Waals surface area (Å²) < 4.78 is 0. The minimum atomic E-state index is -1.18. The highest BCUT2D eigenvalue weighted by Gasteiger charge is 2.67. The molecule has 0 aromatic carbocycles. The molecule has 0 aromatic heterocycles. The Labute approximate surface area is 106 Å². The van der Waals surface area contributed by atoms with Gasteiger partial charge in [-0.1, -0.05) is 0 Å². The summed E-state index contributed by atoms with van der Waals surface area (Å²) in [5.74, 6) is 1.02. The van der Waals surface area contributed by atoms with Crippen molar-refractivity contribution < 1.29 is 19.8 Å². The summed E-state index contributed by atoms with van der Waals surface area (Å²) in [5.41, 5.74) is 0. The standard InChI is InChI=1S/C13H19NO4/c1-5(15)11(13(17)18)14-12(16)10-8-6-2-3-7(4-6)9(8)10/h5-11,15H,2-4H2,1H3,(H,14,16)(H,17,18)/t5-,6?,7?,8?,9?,10?,11+/m1/s1. The molecule has 3 aliphatic rings. The summed E-state index contributed by atoms with van der Waals surface area (Å²) in [4.78, 5) is 23.0. The normalized spacial score (nSPS) is 43.1. The summed E-state index contributed by atoms with van der Waals surface area (Å²) in [6.07, 6.45) is 2.66. The van der Waals surface area contributed by atoms with Crippen LogP contribution in [0.1, 0.15) is 26.2 Å². The zero-order valence-electron chi connectivity index (χ0n) is 10.4. The van der Waals surface area contributed by atoms with E-state index < -0.39 is 18.1 Å². The summed E-state index contributed by atoms with van der Waals surface area (Å²) >= 11 is 0. The lowest BCUT2D eigenvalue weighted by atomic mass is 10.0. The number of carboxylic acid groups (broad SMARTS) is 1. The highest BCUT2D eigenvalue weighted by Crippen LogP contribution is 2.69. The fourth-order valence-electron chi connectivity index (χ4n) is 4.31. The molecular weight excluding hydrogens is 234 g/mol. The molecule has 0 spiro atoms. The predicted molar refractivity (Wildman–Crippen MR) is 62.5 cm³/mol. The highest BCUT2D eigenvalue weighted by atomic mass is 16.4. The van der Waals surface area contributed by atoms with E-state index in [2.05, 4.69) is 5.32 Å². The van der Waals surface area contributed by atoms with Gasteiger partial charge in [0.25, 0.3) is 0 Å². The lowest BCUT2D eigenvalue weighted by molar-refractivity contribution is -0.145. The molecule has 0 aliphatic heterocycles. The number of rotatable bonds is 4. The van der Waals surface area contributed by atoms with E-state index in [1.54, 1.807) is 0 Å². The molecule has 3 N–H and O–H groups in total. The molecular formula is C13H19NO4. The minimum absolute atomic E-state index is 0.0110. The number of hydrogen-bond donors (Lipinski definition) is 3. The Balaban J connectivity index is 1.62. The van der Waals surface area contributed by atoms with Gasteiger partial charge in [0.1, 0.15) is 0 Å². The summed E-state index contributed by atoms with van der Waals surface area (Å²) in [5, 5.41) is 20.8. The average Bonchev–Trinajstić information content (AvgIpc) is 2.74. The molecule has 3 fully saturated rings. The lowest BCUT2D eigenvalue weighted by Crippen LogP contribution is -2.48. The topological polar surface area (TPSA) is 86.6 Å². The van der Waals surface area contributed by atoms with Gasteiger partial charge in [-0.15, -0.1) is 0 Å². The van der Waals surface area contributed by atoms with E-state index in [4.69, 9.17) is 5.11 Å². The first-order chi connectivity index (χ1) is 8.50. The van der Waals surface area contributed by atoms with Crippen LogP contribution in [-0.4, -0.2) is 34.2 Å². The molecule has 0 aromatic rings. The molecule has 3 aliphatic carbocycles. The Bertz CT molecular complexity index is 378. The van der Waals surface area contributed by atoms with Crippen molar-refractivity contribution in [3.63, 3.8) is 0 Å². The second-order valence-electron chi connectivity index (χ2n) is 6.08. The average molecular weight is 253 g/mol. The van der Waals surface area contributed by atoms with Crippen LogP contribution in [0.5, 0.6) is 0 Å². The van der Waals surface area contributed by atoms with Gasteiger partial charge >= 0.3 is 5.97 Å². The maximum Gasteiger partial charge on any atom is 0.328 e. The number of nitrogens with one attached hydrogen (secondary N) is 1. The Hall–Kier alpha value is -1.10. The van der Waals surface area contributed by atoms with E-state index in [0.717, 1.165) is 0 Å². The first kappa shape index (κ1) is 12.0. The quantitative estimate of drug-likeness (QED) is 0.669. The number of hydrogen-bond acceptors (Lipinski definition) is 3. The van der Waals surface area contributed by atoms with Gasteiger partial charge < -0.3 is 15.5 Å². The van der Waals surface area contributed by atoms with Crippen LogP contribution in [0.25, 0.3) is 0 Å². The monoisotopic (exact) mass is 253 g/mol. The fourth-order valence-corrected chi connectivity index (χ4v) is 4.31. The van der Waals surface area contributed by atoms with Crippen LogP contribution in [0.3, 0.4) is 0 Å². The Morgan fingerprint density at radius 1 is 1.22 bits per heavy atom. The Kier molecular flexibility index (Phi) is 2.62. The molecule has 5 heteroatoms. The van der Waals surface area contributed by atoms with Crippen molar-refractivity contribution in [2.45, 2.75) is 38.3 Å². The van der Waals surface area contributed by atoms with Gasteiger partial charge in [-0.05, 0) is 49.9 Å². The third kappa shape index (κ3) is 1.64. The van der Waals surface area contributed by atoms with Crippen LogP contribution in [0, 0.1) is 29.6 Å². The number of carbonyl (C=O) groups excluding carboxylic acids is 1. The van der Waals surface area contributed by atoms with Crippen molar-refractivity contribution in [3.8, 4) is 0 Å². The number of aliphatic carboxylic acids is 1. The van der Waals surface area contributed by atoms with Crippen LogP contribution >= 0.6 is 0 Å². The molecule has 3 saturated carbocycles. The molecule has 3 rings (SSSR count). The maximum absolute atomic E-state index is 12.1. The van der Waals surface area contributed by atoms with Gasteiger partial charge in [-0.2, -0.15) is 0 Å². The van der Waals surface area contributed by atoms with Gasteiger partial charge in [-0.3, -0.25) is 4.79 Å². The largest absolute Gasteiger partial charge is 0.480 e. The second-order valence-corrected chi connectivity index (χ2v) is 6.08. The van der Waals surface area contributed by atoms with E-state index in [9.17, 15) is 14.7 Å². The summed E-state index contributed by atoms with van der Waals surface area (Å²) in [6, 6.07) is -1.18. The summed E-state index contributed by atoms with van der Waals surface area (Å²) in [7, 11) is 0. The number of fused-ring (bicyclic) bond motifs is 5. The molecule has 100 valence electrons. The van der Waals surface area contributed by atoms with Gasteiger partial charge in [0, 0.05) is 5.92 Å². The Morgan fingerprint density at radius 2 is 1.78 bits per heavy atom. The second kappa shape index (κ2) is 3.95. The maximum atomic E-state index is 12.1. The van der Waals surface area contributed by atoms with Gasteiger partial charge in [-0.25, -0.2) is 4.79 Å². The van der Waals surface area contributed by atoms with Gasteiger partial charge in [0.05, 0.1) is 6.10 Å². The van der Waals surface area contributed by atoms with Crippen molar-refractivity contribution in [1.29, 1.82) is 0 Å². The molecule has 0 saturated heterocycles. The summed E-state index contributed by atoms with van der Waals surface area (Å²) in [6.45, 7) is 1.39. The first-order valence-electron chi connectivity index (χ1n) is 6.72. The smallest absolute Gasteiger partial charge is 0.328 e. The number of carboxylic acids is 1. The SMILES string of the molecule is C[C@@H](O)[C@H](NC(=O)C1C2C3CCC(C3)C12)C(=O)O. The van der Waals surface area contributed by atoms with E-state index in [-0.39, 0.29) is 11.8 Å². The molecule has 2 bridgehead atoms. The van der Waals surface area contributed by atoms with E-state index in [0.29, 0.717) is 23.7 Å². The van der Waals surface area contributed by atoms with Gasteiger partial charge in [0.15, 0.2) is 6.04 Å². The molecule has 5 nitrogen and oxygen atoms in total. The van der Waals surface area contributed by atoms with Crippen LogP contribution in [0.15, 0.2) is 0 Å². The third-order valence-electron chi connectivity index (χ3n) is 5.08. The van der Waals surface area contributed by atoms with E-state index >= 15 is 0 Å². The van der Waals surface area contributed by atoms with Crippen LogP contribution in [0.4, 0.5) is 0 Å². The number of aliphatic hydroxyl groups excluding tert-OH is 1. The van der Waals surface area contributed by atoms with E-state index in [1.165, 1.54) is 26.2 Å². The van der Waals surface area contributed by atoms with Crippen LogP contribution in [-0.2, 0) is 9.59 Å². The zero-order chi connectivity index (χ0) is 13.0. The number of aliphatic hydroxyl groups is 1. The molecule has 1 amide bonds.